The van der Waals surface area contributed by atoms with Crippen molar-refractivity contribution >= 4 is 34.6 Å². The summed E-state index contributed by atoms with van der Waals surface area (Å²) in [5.41, 5.74) is 3.83. The molecule has 0 aliphatic carbocycles. The van der Waals surface area contributed by atoms with Crippen LogP contribution in [0.2, 0.25) is 0 Å². The van der Waals surface area contributed by atoms with Crippen molar-refractivity contribution in [2.75, 3.05) is 47.6 Å². The van der Waals surface area contributed by atoms with Gasteiger partial charge in [0, 0.05) is 24.3 Å². The number of hydrogen-bond acceptors (Lipinski definition) is 5. The van der Waals surface area contributed by atoms with Gasteiger partial charge in [0.2, 0.25) is 5.91 Å². The van der Waals surface area contributed by atoms with Gasteiger partial charge in [0.1, 0.15) is 5.75 Å². The number of nitrogens with one attached hydrogen (secondary N) is 3. The summed E-state index contributed by atoms with van der Waals surface area (Å²) in [7, 11) is 1.56. The molecule has 1 fully saturated rings. The molecule has 3 aromatic rings. The molecule has 3 aromatic carbocycles. The van der Waals surface area contributed by atoms with E-state index in [1.165, 1.54) is 25.7 Å². The molecule has 0 radical (unpaired) electrons. The third-order valence-corrected chi connectivity index (χ3v) is 6.08. The van der Waals surface area contributed by atoms with E-state index in [0.29, 0.717) is 22.7 Å². The van der Waals surface area contributed by atoms with Crippen molar-refractivity contribution in [3.63, 3.8) is 0 Å². The highest BCUT2D eigenvalue weighted by molar-refractivity contribution is 6.05. The maximum atomic E-state index is 12.6. The van der Waals surface area contributed by atoms with Gasteiger partial charge in [-0.25, -0.2) is 0 Å². The van der Waals surface area contributed by atoms with E-state index in [2.05, 4.69) is 26.9 Å². The highest BCUT2D eigenvalue weighted by Gasteiger charge is 2.14. The van der Waals surface area contributed by atoms with Crippen LogP contribution in [-0.2, 0) is 4.79 Å². The first-order chi connectivity index (χ1) is 17.1. The second kappa shape index (κ2) is 11.9. The van der Waals surface area contributed by atoms with E-state index in [0.717, 1.165) is 24.5 Å². The summed E-state index contributed by atoms with van der Waals surface area (Å²) >= 11 is 0. The Bertz CT molecular complexity index is 1140. The normalized spacial score (nSPS) is 13.5. The van der Waals surface area contributed by atoms with E-state index in [-0.39, 0.29) is 18.4 Å². The molecule has 7 nitrogen and oxygen atoms in total. The van der Waals surface area contributed by atoms with Gasteiger partial charge in [-0.1, -0.05) is 37.1 Å². The maximum Gasteiger partial charge on any atom is 0.255 e. The zero-order valence-corrected chi connectivity index (χ0v) is 20.0. The van der Waals surface area contributed by atoms with E-state index in [4.69, 9.17) is 4.74 Å². The number of benzene rings is 3. The minimum atomic E-state index is -0.251. The molecule has 3 N–H and O–H groups in total. The summed E-state index contributed by atoms with van der Waals surface area (Å²) in [6.07, 6.45) is 4.94. The largest absolute Gasteiger partial charge is 0.495 e. The van der Waals surface area contributed by atoms with Crippen LogP contribution in [0.15, 0.2) is 72.8 Å². The number of carbonyl (C=O) groups excluding carboxylic acids is 2. The average Bonchev–Trinajstić information content (AvgIpc) is 3.18. The predicted octanol–water partition coefficient (Wildman–Crippen LogP) is 5.38. The lowest BCUT2D eigenvalue weighted by molar-refractivity contribution is -0.114. The molecule has 4 rings (SSSR count). The van der Waals surface area contributed by atoms with Gasteiger partial charge in [-0.2, -0.15) is 0 Å². The van der Waals surface area contributed by atoms with Crippen molar-refractivity contribution in [3.8, 4) is 5.75 Å². The maximum absolute atomic E-state index is 12.6. The predicted molar refractivity (Wildman–Crippen MR) is 142 cm³/mol. The molecule has 1 aliphatic heterocycles. The van der Waals surface area contributed by atoms with Crippen LogP contribution in [0, 0.1) is 0 Å². The van der Waals surface area contributed by atoms with Crippen molar-refractivity contribution in [2.24, 2.45) is 0 Å². The minimum Gasteiger partial charge on any atom is -0.495 e. The highest BCUT2D eigenvalue weighted by atomic mass is 16.5. The summed E-state index contributed by atoms with van der Waals surface area (Å²) in [4.78, 5) is 27.6. The van der Waals surface area contributed by atoms with E-state index in [1.54, 1.807) is 43.5 Å². The molecular formula is C28H32N4O3. The molecule has 1 aliphatic rings. The number of amides is 2. The van der Waals surface area contributed by atoms with Crippen LogP contribution < -0.4 is 25.6 Å². The molecule has 0 bridgehead atoms. The molecule has 35 heavy (non-hydrogen) atoms. The topological polar surface area (TPSA) is 82.7 Å². The number of nitrogens with zero attached hydrogens (tertiary/aromatic N) is 1. The van der Waals surface area contributed by atoms with Crippen LogP contribution >= 0.6 is 0 Å². The van der Waals surface area contributed by atoms with Crippen LogP contribution in [-0.4, -0.2) is 38.6 Å². The Kier molecular flexibility index (Phi) is 8.22. The molecule has 1 saturated heterocycles. The highest BCUT2D eigenvalue weighted by Crippen LogP contribution is 2.28. The summed E-state index contributed by atoms with van der Waals surface area (Å²) in [6.45, 7) is 2.24. The van der Waals surface area contributed by atoms with Crippen molar-refractivity contribution in [1.82, 2.24) is 0 Å². The number of para-hydroxylation sites is 4. The third kappa shape index (κ3) is 6.53. The smallest absolute Gasteiger partial charge is 0.255 e. The van der Waals surface area contributed by atoms with Crippen LogP contribution in [0.25, 0.3) is 0 Å². The molecule has 0 aromatic heterocycles. The van der Waals surface area contributed by atoms with Crippen molar-refractivity contribution < 1.29 is 14.3 Å². The Morgan fingerprint density at radius 2 is 1.46 bits per heavy atom. The van der Waals surface area contributed by atoms with Gasteiger partial charge in [0.15, 0.2) is 0 Å². The van der Waals surface area contributed by atoms with Crippen LogP contribution in [0.5, 0.6) is 5.75 Å². The van der Waals surface area contributed by atoms with E-state index >= 15 is 0 Å². The summed E-state index contributed by atoms with van der Waals surface area (Å²) < 4.78 is 5.28. The van der Waals surface area contributed by atoms with Crippen molar-refractivity contribution in [1.29, 1.82) is 0 Å². The molecule has 182 valence electrons. The minimum absolute atomic E-state index is 0.151. The zero-order chi connectivity index (χ0) is 24.5. The molecule has 2 amide bonds. The molecule has 1 heterocycles. The van der Waals surface area contributed by atoms with Gasteiger partial charge in [-0.05, 0) is 61.4 Å². The Hall–Kier alpha value is -4.00. The molecular weight excluding hydrogens is 440 g/mol. The Morgan fingerprint density at radius 1 is 0.800 bits per heavy atom. The number of anilines is 4. The van der Waals surface area contributed by atoms with Gasteiger partial charge in [0.05, 0.1) is 30.7 Å². The lowest BCUT2D eigenvalue weighted by Gasteiger charge is -2.25. The van der Waals surface area contributed by atoms with Gasteiger partial charge in [0.25, 0.3) is 5.91 Å². The number of ether oxygens (including phenoxy) is 1. The monoisotopic (exact) mass is 472 g/mol. The van der Waals surface area contributed by atoms with E-state index < -0.39 is 0 Å². The molecule has 0 spiro atoms. The number of carbonyl (C=O) groups is 2. The van der Waals surface area contributed by atoms with Gasteiger partial charge < -0.3 is 25.6 Å². The Balaban J connectivity index is 1.32. The average molecular weight is 473 g/mol. The molecule has 0 unspecified atom stereocenters. The Labute approximate surface area is 206 Å². The number of methoxy groups -OCH3 is 1. The van der Waals surface area contributed by atoms with E-state index in [9.17, 15) is 9.59 Å². The number of hydrogen-bond donors (Lipinski definition) is 3. The first-order valence-corrected chi connectivity index (χ1v) is 12.1. The molecule has 0 atom stereocenters. The first kappa shape index (κ1) is 24.1. The van der Waals surface area contributed by atoms with E-state index in [1.807, 2.05) is 30.3 Å². The lowest BCUT2D eigenvalue weighted by atomic mass is 10.2. The molecule has 0 saturated carbocycles. The fraction of sp³-hybridized carbons (Fsp3) is 0.286. The zero-order valence-electron chi connectivity index (χ0n) is 20.0. The lowest BCUT2D eigenvalue weighted by Crippen LogP contribution is -2.26. The summed E-state index contributed by atoms with van der Waals surface area (Å²) in [5, 5.41) is 9.02. The number of rotatable bonds is 8. The first-order valence-electron chi connectivity index (χ1n) is 12.1. The quantitative estimate of drug-likeness (QED) is 0.410. The van der Waals surface area contributed by atoms with Crippen molar-refractivity contribution in [3.05, 3.63) is 78.4 Å². The standard InChI is InChI=1S/C28H32N4O3/c1-35-26-13-7-5-11-24(26)31-28(34)21-14-16-22(17-15-21)30-27(33)20-29-23-10-4-6-12-25(23)32-18-8-2-3-9-19-32/h4-7,10-17,29H,2-3,8-9,18-20H2,1H3,(H,30,33)(H,31,34). The summed E-state index contributed by atoms with van der Waals surface area (Å²) in [6, 6.07) is 22.2. The van der Waals surface area contributed by atoms with Crippen LogP contribution in [0.3, 0.4) is 0 Å². The van der Waals surface area contributed by atoms with Gasteiger partial charge in [-0.15, -0.1) is 0 Å². The second-order valence-corrected chi connectivity index (χ2v) is 8.55. The SMILES string of the molecule is COc1ccccc1NC(=O)c1ccc(NC(=O)CNc2ccccc2N2CCCCCC2)cc1. The molecule has 7 heteroatoms. The third-order valence-electron chi connectivity index (χ3n) is 6.08. The van der Waals surface area contributed by atoms with Gasteiger partial charge >= 0.3 is 0 Å². The fourth-order valence-corrected chi connectivity index (χ4v) is 4.24. The summed E-state index contributed by atoms with van der Waals surface area (Å²) in [5.74, 6) is 0.190. The second-order valence-electron chi connectivity index (χ2n) is 8.55. The van der Waals surface area contributed by atoms with Crippen LogP contribution in [0.4, 0.5) is 22.7 Å². The van der Waals surface area contributed by atoms with Gasteiger partial charge in [-0.3, -0.25) is 9.59 Å². The Morgan fingerprint density at radius 3 is 2.17 bits per heavy atom. The fourth-order valence-electron chi connectivity index (χ4n) is 4.24. The van der Waals surface area contributed by atoms with Crippen LogP contribution in [0.1, 0.15) is 36.0 Å². The van der Waals surface area contributed by atoms with Crippen molar-refractivity contribution in [2.45, 2.75) is 25.7 Å².